The quantitative estimate of drug-likeness (QED) is 0.609. The second-order valence-corrected chi connectivity index (χ2v) is 2.31. The van der Waals surface area contributed by atoms with Gasteiger partial charge in [-0.3, -0.25) is 0 Å². The Hall–Kier alpha value is -0.820. The van der Waals surface area contributed by atoms with E-state index in [9.17, 15) is 13.2 Å². The highest BCUT2D eigenvalue weighted by Gasteiger charge is 2.38. The number of carboxylic acids is 1. The van der Waals surface area contributed by atoms with Crippen molar-refractivity contribution in [3.8, 4) is 0 Å². The summed E-state index contributed by atoms with van der Waals surface area (Å²) in [6.45, 7) is 0.500. The lowest BCUT2D eigenvalue weighted by Gasteiger charge is -1.93. The minimum Gasteiger partial charge on any atom is -0.475 e. The van der Waals surface area contributed by atoms with Gasteiger partial charge in [-0.15, -0.1) is 0 Å². The number of alkyl halides is 3. The van der Waals surface area contributed by atoms with E-state index >= 15 is 0 Å². The maximum absolute atomic E-state index is 10.6. The molecule has 0 aliphatic heterocycles. The maximum Gasteiger partial charge on any atom is 0.490 e. The van der Waals surface area contributed by atoms with Gasteiger partial charge in [-0.2, -0.15) is 13.2 Å². The van der Waals surface area contributed by atoms with Gasteiger partial charge in [0.1, 0.15) is 0 Å². The molecule has 0 atom stereocenters. The van der Waals surface area contributed by atoms with Crippen LogP contribution in [0.2, 0.25) is 0 Å². The lowest BCUT2D eigenvalue weighted by molar-refractivity contribution is -0.192. The van der Waals surface area contributed by atoms with Gasteiger partial charge in [0, 0.05) is 13.2 Å². The molecule has 0 aromatic carbocycles. The van der Waals surface area contributed by atoms with Gasteiger partial charge in [-0.25, -0.2) is 4.79 Å². The molecule has 0 unspecified atom stereocenters. The van der Waals surface area contributed by atoms with Crippen LogP contribution in [0.25, 0.3) is 0 Å². The second-order valence-electron chi connectivity index (χ2n) is 2.31. The predicted molar refractivity (Wildman–Crippen MR) is 41.7 cm³/mol. The third-order valence-corrected chi connectivity index (χ3v) is 1.06. The van der Waals surface area contributed by atoms with Crippen molar-refractivity contribution in [3.05, 3.63) is 0 Å². The zero-order valence-corrected chi connectivity index (χ0v) is 7.42. The number of halogens is 3. The highest BCUT2D eigenvalue weighted by Crippen LogP contribution is 2.13. The molecule has 86 valence electrons. The topological polar surface area (TPSA) is 77.8 Å². The Balaban J connectivity index is 0. The van der Waals surface area contributed by atoms with Crippen molar-refractivity contribution in [1.29, 1.82) is 0 Å². The molecule has 4 nitrogen and oxygen atoms in total. The van der Waals surface area contributed by atoms with E-state index in [0.717, 1.165) is 19.3 Å². The third kappa shape index (κ3) is 13.7. The monoisotopic (exact) mass is 218 g/mol. The fraction of sp³-hybridized carbons (Fsp3) is 0.857. The van der Waals surface area contributed by atoms with Gasteiger partial charge in [0.15, 0.2) is 0 Å². The molecule has 0 amide bonds. The van der Waals surface area contributed by atoms with E-state index in [2.05, 4.69) is 0 Å². The molecule has 14 heavy (non-hydrogen) atoms. The van der Waals surface area contributed by atoms with Crippen LogP contribution < -0.4 is 0 Å². The molecular weight excluding hydrogens is 205 g/mol. The number of aliphatic hydroxyl groups is 2. The SMILES string of the molecule is O=C(O)C(F)(F)F.OCCCCCO. The molecule has 0 rings (SSSR count). The smallest absolute Gasteiger partial charge is 0.475 e. The van der Waals surface area contributed by atoms with Crippen LogP contribution in [0.4, 0.5) is 13.2 Å². The van der Waals surface area contributed by atoms with Crippen molar-refractivity contribution in [1.82, 2.24) is 0 Å². The number of carbonyl (C=O) groups is 1. The molecule has 0 aromatic heterocycles. The fourth-order valence-corrected chi connectivity index (χ4v) is 0.400. The Bertz CT molecular complexity index is 142. The van der Waals surface area contributed by atoms with Gasteiger partial charge in [0.2, 0.25) is 0 Å². The molecule has 0 heterocycles. The van der Waals surface area contributed by atoms with Gasteiger partial charge in [0.25, 0.3) is 0 Å². The Morgan fingerprint density at radius 2 is 1.29 bits per heavy atom. The third-order valence-electron chi connectivity index (χ3n) is 1.06. The van der Waals surface area contributed by atoms with Crippen LogP contribution in [0, 0.1) is 0 Å². The first-order valence-corrected chi connectivity index (χ1v) is 3.88. The molecule has 0 aliphatic carbocycles. The van der Waals surface area contributed by atoms with Crippen molar-refractivity contribution < 1.29 is 33.3 Å². The van der Waals surface area contributed by atoms with E-state index in [1.54, 1.807) is 0 Å². The lowest BCUT2D eigenvalue weighted by atomic mass is 10.2. The van der Waals surface area contributed by atoms with Crippen molar-refractivity contribution in [2.45, 2.75) is 25.4 Å². The normalized spacial score (nSPS) is 10.4. The summed E-state index contributed by atoms with van der Waals surface area (Å²) in [4.78, 5) is 8.90. The van der Waals surface area contributed by atoms with Gasteiger partial charge in [-0.05, 0) is 19.3 Å². The van der Waals surface area contributed by atoms with Crippen LogP contribution >= 0.6 is 0 Å². The Morgan fingerprint density at radius 3 is 1.43 bits per heavy atom. The molecule has 0 radical (unpaired) electrons. The zero-order valence-electron chi connectivity index (χ0n) is 7.42. The Labute approximate surface area is 79.0 Å². The summed E-state index contributed by atoms with van der Waals surface area (Å²) >= 11 is 0. The molecule has 3 N–H and O–H groups in total. The molecule has 0 aromatic rings. The molecule has 0 spiro atoms. The van der Waals surface area contributed by atoms with Crippen molar-refractivity contribution in [3.63, 3.8) is 0 Å². The molecule has 0 fully saturated rings. The van der Waals surface area contributed by atoms with Crippen LogP contribution in [0.3, 0.4) is 0 Å². The average Bonchev–Trinajstić information content (AvgIpc) is 2.05. The average molecular weight is 218 g/mol. The van der Waals surface area contributed by atoms with Gasteiger partial charge in [0.05, 0.1) is 0 Å². The van der Waals surface area contributed by atoms with Crippen molar-refractivity contribution in [2.75, 3.05) is 13.2 Å². The first kappa shape index (κ1) is 15.6. The largest absolute Gasteiger partial charge is 0.490 e. The van der Waals surface area contributed by atoms with Gasteiger partial charge >= 0.3 is 12.1 Å². The first-order chi connectivity index (χ1) is 6.36. The standard InChI is InChI=1S/C5H12O2.C2HF3O2/c6-4-2-1-3-5-7;3-2(4,5)1(6)7/h6-7H,1-5H2;(H,6,7). The first-order valence-electron chi connectivity index (χ1n) is 3.88. The highest BCUT2D eigenvalue weighted by molar-refractivity contribution is 5.73. The maximum atomic E-state index is 10.6. The van der Waals surface area contributed by atoms with E-state index in [1.807, 2.05) is 0 Å². The molecule has 0 bridgehead atoms. The molecular formula is C7H13F3O4. The van der Waals surface area contributed by atoms with E-state index in [0.29, 0.717) is 0 Å². The van der Waals surface area contributed by atoms with Crippen molar-refractivity contribution in [2.24, 2.45) is 0 Å². The summed E-state index contributed by atoms with van der Waals surface area (Å²) in [5, 5.41) is 23.5. The number of carboxylic acid groups (broad SMARTS) is 1. The summed E-state index contributed by atoms with van der Waals surface area (Å²) in [5.74, 6) is -2.76. The Kier molecular flexibility index (Phi) is 9.79. The molecule has 0 saturated carbocycles. The number of aliphatic hydroxyl groups excluding tert-OH is 2. The summed E-state index contributed by atoms with van der Waals surface area (Å²) in [7, 11) is 0. The zero-order chi connectivity index (χ0) is 11.6. The minimum atomic E-state index is -5.08. The van der Waals surface area contributed by atoms with Gasteiger partial charge < -0.3 is 15.3 Å². The number of unbranched alkanes of at least 4 members (excludes halogenated alkanes) is 2. The van der Waals surface area contributed by atoms with Gasteiger partial charge in [-0.1, -0.05) is 0 Å². The molecule has 0 aliphatic rings. The number of aliphatic carboxylic acids is 1. The summed E-state index contributed by atoms with van der Waals surface area (Å²) < 4.78 is 31.7. The van der Waals surface area contributed by atoms with Crippen LogP contribution in [0.5, 0.6) is 0 Å². The van der Waals surface area contributed by atoms with Crippen LogP contribution in [-0.2, 0) is 4.79 Å². The van der Waals surface area contributed by atoms with E-state index < -0.39 is 12.1 Å². The highest BCUT2D eigenvalue weighted by atomic mass is 19.4. The summed E-state index contributed by atoms with van der Waals surface area (Å²) in [6, 6.07) is 0. The number of hydrogen-bond acceptors (Lipinski definition) is 3. The Morgan fingerprint density at radius 1 is 1.00 bits per heavy atom. The predicted octanol–water partition coefficient (Wildman–Crippen LogP) is 0.775. The van der Waals surface area contributed by atoms with E-state index in [4.69, 9.17) is 20.1 Å². The summed E-state index contributed by atoms with van der Waals surface area (Å²) in [5.41, 5.74) is 0. The number of rotatable bonds is 4. The number of hydrogen-bond donors (Lipinski definition) is 3. The van der Waals surface area contributed by atoms with E-state index in [-0.39, 0.29) is 13.2 Å². The van der Waals surface area contributed by atoms with Crippen LogP contribution in [0.15, 0.2) is 0 Å². The molecule has 7 heteroatoms. The second kappa shape index (κ2) is 8.76. The summed E-state index contributed by atoms with van der Waals surface area (Å²) in [6.07, 6.45) is -2.51. The van der Waals surface area contributed by atoms with Crippen LogP contribution in [-0.4, -0.2) is 40.7 Å². The van der Waals surface area contributed by atoms with Crippen LogP contribution in [0.1, 0.15) is 19.3 Å². The van der Waals surface area contributed by atoms with E-state index in [1.165, 1.54) is 0 Å². The van der Waals surface area contributed by atoms with Crippen molar-refractivity contribution >= 4 is 5.97 Å². The molecule has 0 saturated heterocycles. The lowest BCUT2D eigenvalue weighted by Crippen LogP contribution is -2.21. The minimum absolute atomic E-state index is 0.250. The fourth-order valence-electron chi connectivity index (χ4n) is 0.400.